The molecule has 32 heavy (non-hydrogen) atoms. The van der Waals surface area contributed by atoms with E-state index in [1.54, 1.807) is 16.8 Å². The highest BCUT2D eigenvalue weighted by Crippen LogP contribution is 2.27. The third-order valence-electron chi connectivity index (χ3n) is 5.36. The molecule has 0 bridgehead atoms. The van der Waals surface area contributed by atoms with Crippen LogP contribution in [-0.4, -0.2) is 39.0 Å². The number of carbonyl (C=O) groups is 1. The quantitative estimate of drug-likeness (QED) is 0.477. The van der Waals surface area contributed by atoms with Gasteiger partial charge in [-0.15, -0.1) is 5.10 Å². The minimum absolute atomic E-state index is 0.190. The van der Waals surface area contributed by atoms with Crippen LogP contribution in [0.25, 0.3) is 28.5 Å². The van der Waals surface area contributed by atoms with Gasteiger partial charge in [-0.25, -0.2) is 9.67 Å². The van der Waals surface area contributed by atoms with E-state index in [0.717, 1.165) is 40.1 Å². The second-order valence-electron chi connectivity index (χ2n) is 7.55. The molecule has 5 rings (SSSR count). The molecule has 0 atom stereocenters. The zero-order valence-corrected chi connectivity index (χ0v) is 18.2. The summed E-state index contributed by atoms with van der Waals surface area (Å²) in [4.78, 5) is 16.9. The molecule has 0 saturated carbocycles. The molecule has 2 aromatic carbocycles. The van der Waals surface area contributed by atoms with Crippen molar-refractivity contribution in [2.24, 2.45) is 0 Å². The van der Waals surface area contributed by atoms with Gasteiger partial charge in [-0.3, -0.25) is 4.79 Å². The summed E-state index contributed by atoms with van der Waals surface area (Å²) in [5.74, 6) is -0.190. The van der Waals surface area contributed by atoms with E-state index in [2.05, 4.69) is 51.3 Å². The fraction of sp³-hybridized carbons (Fsp3) is 0.167. The van der Waals surface area contributed by atoms with Crippen molar-refractivity contribution >= 4 is 40.4 Å². The van der Waals surface area contributed by atoms with Crippen molar-refractivity contribution in [3.8, 4) is 11.3 Å². The Morgan fingerprint density at radius 3 is 2.94 bits per heavy atom. The number of hydrogen-bond acceptors (Lipinski definition) is 5. The van der Waals surface area contributed by atoms with Crippen LogP contribution in [0.4, 0.5) is 5.69 Å². The summed E-state index contributed by atoms with van der Waals surface area (Å²) in [6, 6.07) is 15.4. The number of benzene rings is 2. The van der Waals surface area contributed by atoms with Gasteiger partial charge in [-0.05, 0) is 54.4 Å². The Bertz CT molecular complexity index is 1360. The number of carbonyl (C=O) groups excluding carboxylic acids is 1. The molecule has 0 spiro atoms. The van der Waals surface area contributed by atoms with Crippen LogP contribution in [0.3, 0.4) is 0 Å². The Balaban J connectivity index is 1.46. The average molecular weight is 445 g/mol. The molecule has 0 aliphatic carbocycles. The van der Waals surface area contributed by atoms with Gasteiger partial charge >= 0.3 is 0 Å². The van der Waals surface area contributed by atoms with Gasteiger partial charge in [0.05, 0.1) is 22.8 Å². The van der Waals surface area contributed by atoms with E-state index in [4.69, 9.17) is 16.6 Å². The molecule has 0 fully saturated rings. The molecule has 0 unspecified atom stereocenters. The molecule has 1 aliphatic rings. The number of aromatic nitrogens is 4. The zero-order chi connectivity index (χ0) is 22.1. The lowest BCUT2D eigenvalue weighted by Gasteiger charge is -2.14. The predicted molar refractivity (Wildman–Crippen MR) is 127 cm³/mol. The van der Waals surface area contributed by atoms with Crippen LogP contribution in [0.5, 0.6) is 0 Å². The molecule has 7 nitrogen and oxygen atoms in total. The Labute approximate surface area is 190 Å². The van der Waals surface area contributed by atoms with E-state index in [9.17, 15) is 4.79 Å². The topological polar surface area (TPSA) is 84.7 Å². The molecule has 3 heterocycles. The van der Waals surface area contributed by atoms with Gasteiger partial charge in [0.15, 0.2) is 5.65 Å². The number of hydrogen-bond donors (Lipinski definition) is 2. The van der Waals surface area contributed by atoms with Crippen molar-refractivity contribution in [1.82, 2.24) is 25.3 Å². The average Bonchev–Trinajstić information content (AvgIpc) is 3.21. The van der Waals surface area contributed by atoms with Gasteiger partial charge in [-0.2, -0.15) is 0 Å². The monoisotopic (exact) mass is 444 g/mol. The maximum Gasteiger partial charge on any atom is 0.252 e. The van der Waals surface area contributed by atoms with E-state index in [1.165, 1.54) is 0 Å². The molecule has 0 radical (unpaired) electrons. The number of nitrogens with zero attached hydrogens (tertiary/aromatic N) is 4. The summed E-state index contributed by atoms with van der Waals surface area (Å²) in [5.41, 5.74) is 6.83. The van der Waals surface area contributed by atoms with Crippen molar-refractivity contribution in [2.45, 2.75) is 13.5 Å². The first kappa shape index (κ1) is 20.2. The smallest absolute Gasteiger partial charge is 0.252 e. The minimum Gasteiger partial charge on any atom is -0.381 e. The van der Waals surface area contributed by atoms with E-state index >= 15 is 0 Å². The fourth-order valence-corrected chi connectivity index (χ4v) is 4.04. The number of halogens is 1. The third-order valence-corrected chi connectivity index (χ3v) is 5.68. The summed E-state index contributed by atoms with van der Waals surface area (Å²) in [6.45, 7) is 3.82. The molecule has 2 aromatic heterocycles. The van der Waals surface area contributed by atoms with E-state index < -0.39 is 0 Å². The summed E-state index contributed by atoms with van der Waals surface area (Å²) < 4.78 is 1.80. The predicted octanol–water partition coefficient (Wildman–Crippen LogP) is 4.38. The van der Waals surface area contributed by atoms with Crippen molar-refractivity contribution in [1.29, 1.82) is 0 Å². The first-order chi connectivity index (χ1) is 15.6. The van der Waals surface area contributed by atoms with Crippen molar-refractivity contribution in [3.05, 3.63) is 76.3 Å². The number of anilines is 1. The maximum absolute atomic E-state index is 12.1. The number of nitrogens with one attached hydrogen (secondary N) is 2. The molecule has 1 aliphatic heterocycles. The second kappa shape index (κ2) is 8.43. The first-order valence-corrected chi connectivity index (χ1v) is 10.8. The fourth-order valence-electron chi connectivity index (χ4n) is 3.77. The normalized spacial score (nSPS) is 12.4. The molecule has 8 heteroatoms. The molecule has 1 amide bonds. The highest BCUT2D eigenvalue weighted by molar-refractivity contribution is 6.34. The van der Waals surface area contributed by atoms with Crippen molar-refractivity contribution in [3.63, 3.8) is 0 Å². The molecule has 2 N–H and O–H groups in total. The Morgan fingerprint density at radius 2 is 2.09 bits per heavy atom. The highest BCUT2D eigenvalue weighted by atomic mass is 35.5. The first-order valence-electron chi connectivity index (χ1n) is 10.4. The number of pyridine rings is 1. The number of fused-ring (bicyclic) bond motifs is 2. The van der Waals surface area contributed by atoms with Gasteiger partial charge in [0.1, 0.15) is 5.52 Å². The minimum atomic E-state index is -0.190. The van der Waals surface area contributed by atoms with Crippen LogP contribution < -0.4 is 10.6 Å². The van der Waals surface area contributed by atoms with E-state index in [0.29, 0.717) is 29.3 Å². The van der Waals surface area contributed by atoms with Gasteiger partial charge < -0.3 is 10.6 Å². The lowest BCUT2D eigenvalue weighted by Crippen LogP contribution is -2.22. The third kappa shape index (κ3) is 3.83. The summed E-state index contributed by atoms with van der Waals surface area (Å²) in [7, 11) is 0. The van der Waals surface area contributed by atoms with Gasteiger partial charge in [0, 0.05) is 24.3 Å². The van der Waals surface area contributed by atoms with E-state index in [-0.39, 0.29) is 5.91 Å². The Morgan fingerprint density at radius 1 is 1.19 bits per heavy atom. The number of rotatable bonds is 5. The van der Waals surface area contributed by atoms with Crippen LogP contribution in [0.15, 0.2) is 54.6 Å². The lowest BCUT2D eigenvalue weighted by molar-refractivity contribution is 0.0956. The van der Waals surface area contributed by atoms with Crippen LogP contribution in [0, 0.1) is 0 Å². The summed E-state index contributed by atoms with van der Waals surface area (Å²) in [6.07, 6.45) is 4.23. The number of amides is 1. The van der Waals surface area contributed by atoms with Gasteiger partial charge in [0.25, 0.3) is 5.91 Å². The molecule has 0 saturated heterocycles. The molecule has 160 valence electrons. The lowest BCUT2D eigenvalue weighted by atomic mass is 10.1. The van der Waals surface area contributed by atoms with Crippen molar-refractivity contribution < 1.29 is 4.79 Å². The molecular formula is C24H21ClN6O. The molecule has 4 aromatic rings. The van der Waals surface area contributed by atoms with Crippen molar-refractivity contribution in [2.75, 3.05) is 18.4 Å². The Kier molecular flexibility index (Phi) is 5.33. The summed E-state index contributed by atoms with van der Waals surface area (Å²) >= 11 is 6.37. The van der Waals surface area contributed by atoms with Crippen LogP contribution in [0.1, 0.15) is 28.4 Å². The summed E-state index contributed by atoms with van der Waals surface area (Å²) in [5, 5.41) is 15.1. The van der Waals surface area contributed by atoms with Crippen LogP contribution >= 0.6 is 11.6 Å². The second-order valence-corrected chi connectivity index (χ2v) is 7.95. The Hall–Kier alpha value is -3.71. The maximum atomic E-state index is 12.1. The van der Waals surface area contributed by atoms with E-state index in [1.807, 2.05) is 25.1 Å². The standard InChI is InChI=1S/C24H21ClN6O/c1-2-26-24(32)18-7-6-17(13-19(18)25)21-9-10-22-23(28-21)31(30-29-22)14-15-5-8-20-16(12-15)4-3-11-27-20/h3-10,12-13,27H,2,11,14H2,1H3,(H,26,32). The van der Waals surface area contributed by atoms with Crippen LogP contribution in [-0.2, 0) is 6.54 Å². The zero-order valence-electron chi connectivity index (χ0n) is 17.5. The SMILES string of the molecule is CCNC(=O)c1ccc(-c2ccc3nnn(Cc4ccc5c(c4)C=CCN5)c3n2)cc1Cl. The highest BCUT2D eigenvalue weighted by Gasteiger charge is 2.14. The van der Waals surface area contributed by atoms with Gasteiger partial charge in [-0.1, -0.05) is 41.1 Å². The molecular weight excluding hydrogens is 424 g/mol. The largest absolute Gasteiger partial charge is 0.381 e. The van der Waals surface area contributed by atoms with Gasteiger partial charge in [0.2, 0.25) is 0 Å². The van der Waals surface area contributed by atoms with Crippen LogP contribution in [0.2, 0.25) is 5.02 Å².